The Balaban J connectivity index is 2.29. The maximum atomic E-state index is 12.3. The highest BCUT2D eigenvalue weighted by molar-refractivity contribution is 7.98. The van der Waals surface area contributed by atoms with Gasteiger partial charge in [0.15, 0.2) is 10.9 Å². The second-order valence-corrected chi connectivity index (χ2v) is 5.25. The minimum atomic E-state index is -0.439. The minimum Gasteiger partial charge on any atom is -0.497 e. The highest BCUT2D eigenvalue weighted by Gasteiger charge is 2.16. The number of anilines is 1. The van der Waals surface area contributed by atoms with Crippen LogP contribution in [0.1, 0.15) is 10.5 Å². The Morgan fingerprint density at radius 1 is 1.32 bits per heavy atom. The monoisotopic (exact) mass is 339 g/mol. The second kappa shape index (κ2) is 7.33. The first-order valence-corrected chi connectivity index (χ1v) is 7.79. The zero-order valence-electron chi connectivity index (χ0n) is 12.2. The molecule has 1 N–H and O–H groups in total. The third kappa shape index (κ3) is 3.61. The molecule has 0 aliphatic heterocycles. The largest absolute Gasteiger partial charge is 0.497 e. The van der Waals surface area contributed by atoms with Gasteiger partial charge in [-0.2, -0.15) is 0 Å². The molecule has 0 unspecified atom stereocenters. The van der Waals surface area contributed by atoms with E-state index in [0.717, 1.165) is 0 Å². The van der Waals surface area contributed by atoms with Gasteiger partial charge in [0.1, 0.15) is 11.5 Å². The fourth-order valence-electron chi connectivity index (χ4n) is 1.69. The molecule has 1 heterocycles. The van der Waals surface area contributed by atoms with Crippen LogP contribution in [0.3, 0.4) is 0 Å². The van der Waals surface area contributed by atoms with E-state index >= 15 is 0 Å². The van der Waals surface area contributed by atoms with Crippen molar-refractivity contribution >= 4 is 35.0 Å². The molecule has 0 fully saturated rings. The quantitative estimate of drug-likeness (QED) is 0.666. The van der Waals surface area contributed by atoms with Gasteiger partial charge in [0.2, 0.25) is 0 Å². The minimum absolute atomic E-state index is 0.110. The number of benzene rings is 1. The number of thioether (sulfide) groups is 1. The summed E-state index contributed by atoms with van der Waals surface area (Å²) in [5.41, 5.74) is 0.604. The summed E-state index contributed by atoms with van der Waals surface area (Å²) in [5.74, 6) is 0.661. The van der Waals surface area contributed by atoms with Crippen LogP contribution in [0.5, 0.6) is 11.5 Å². The van der Waals surface area contributed by atoms with E-state index in [9.17, 15) is 4.79 Å². The maximum Gasteiger partial charge on any atom is 0.276 e. The van der Waals surface area contributed by atoms with E-state index in [1.54, 1.807) is 25.3 Å². The summed E-state index contributed by atoms with van der Waals surface area (Å²) >= 11 is 7.32. The van der Waals surface area contributed by atoms with E-state index in [0.29, 0.717) is 22.3 Å². The van der Waals surface area contributed by atoms with Gasteiger partial charge in [0.05, 0.1) is 31.1 Å². The molecule has 1 amide bonds. The number of hydrogen-bond acceptors (Lipinski definition) is 6. The highest BCUT2D eigenvalue weighted by atomic mass is 35.5. The summed E-state index contributed by atoms with van der Waals surface area (Å²) in [4.78, 5) is 20.5. The Morgan fingerprint density at radius 2 is 2.09 bits per heavy atom. The van der Waals surface area contributed by atoms with Crippen LogP contribution < -0.4 is 14.8 Å². The van der Waals surface area contributed by atoms with Crippen LogP contribution in [0.2, 0.25) is 5.02 Å². The number of methoxy groups -OCH3 is 2. The van der Waals surface area contributed by atoms with E-state index in [1.807, 2.05) is 6.26 Å². The van der Waals surface area contributed by atoms with Crippen molar-refractivity contribution in [3.8, 4) is 11.5 Å². The van der Waals surface area contributed by atoms with Crippen molar-refractivity contribution in [1.29, 1.82) is 0 Å². The fraction of sp³-hybridized carbons (Fsp3) is 0.214. The Bertz CT molecular complexity index is 697. The maximum absolute atomic E-state index is 12.3. The first-order valence-electron chi connectivity index (χ1n) is 6.19. The molecule has 0 spiro atoms. The number of aromatic nitrogens is 2. The highest BCUT2D eigenvalue weighted by Crippen LogP contribution is 2.29. The molecule has 1 aromatic carbocycles. The van der Waals surface area contributed by atoms with Gasteiger partial charge in [-0.25, -0.2) is 9.97 Å². The number of halogens is 1. The van der Waals surface area contributed by atoms with Crippen LogP contribution in [-0.2, 0) is 0 Å². The van der Waals surface area contributed by atoms with Crippen LogP contribution >= 0.6 is 23.4 Å². The van der Waals surface area contributed by atoms with Crippen molar-refractivity contribution in [2.75, 3.05) is 25.8 Å². The van der Waals surface area contributed by atoms with Crippen molar-refractivity contribution in [3.05, 3.63) is 35.1 Å². The normalized spacial score (nSPS) is 10.2. The predicted octanol–water partition coefficient (Wildman–Crippen LogP) is 3.12. The smallest absolute Gasteiger partial charge is 0.276 e. The number of hydrogen-bond donors (Lipinski definition) is 1. The molecule has 0 atom stereocenters. The first kappa shape index (κ1) is 16.4. The summed E-state index contributed by atoms with van der Waals surface area (Å²) in [5, 5.41) is 3.37. The average Bonchev–Trinajstić information content (AvgIpc) is 2.55. The van der Waals surface area contributed by atoms with Crippen LogP contribution in [0.15, 0.2) is 29.6 Å². The van der Waals surface area contributed by atoms with E-state index in [-0.39, 0.29) is 10.7 Å². The molecule has 22 heavy (non-hydrogen) atoms. The van der Waals surface area contributed by atoms with Gasteiger partial charge in [-0.1, -0.05) is 23.4 Å². The molecule has 8 heteroatoms. The van der Waals surface area contributed by atoms with Crippen LogP contribution in [0.25, 0.3) is 0 Å². The van der Waals surface area contributed by atoms with Gasteiger partial charge in [0.25, 0.3) is 5.91 Å². The summed E-state index contributed by atoms with van der Waals surface area (Å²) in [6.45, 7) is 0. The first-order chi connectivity index (χ1) is 10.6. The van der Waals surface area contributed by atoms with Crippen molar-refractivity contribution in [1.82, 2.24) is 9.97 Å². The molecule has 0 radical (unpaired) electrons. The molecule has 0 saturated carbocycles. The number of nitrogens with one attached hydrogen (secondary N) is 1. The lowest BCUT2D eigenvalue weighted by molar-refractivity contribution is 0.102. The molecular weight excluding hydrogens is 326 g/mol. The number of carbonyl (C=O) groups is 1. The molecule has 116 valence electrons. The second-order valence-electron chi connectivity index (χ2n) is 4.07. The van der Waals surface area contributed by atoms with E-state index < -0.39 is 5.91 Å². The average molecular weight is 340 g/mol. The van der Waals surface area contributed by atoms with Crippen LogP contribution in [0, 0.1) is 0 Å². The number of nitrogens with zero attached hydrogens (tertiary/aromatic N) is 2. The fourth-order valence-corrected chi connectivity index (χ4v) is 2.21. The van der Waals surface area contributed by atoms with Gasteiger partial charge in [-0.05, 0) is 18.4 Å². The zero-order valence-corrected chi connectivity index (χ0v) is 13.8. The lowest BCUT2D eigenvalue weighted by atomic mass is 10.2. The zero-order chi connectivity index (χ0) is 16.1. The van der Waals surface area contributed by atoms with Crippen molar-refractivity contribution in [2.45, 2.75) is 5.16 Å². The standard InChI is InChI=1S/C14H14ClN3O3S/c1-20-8-4-5-10(11(6-8)21-2)17-13(19)12-9(15)7-16-14(18-12)22-3/h4-7H,1-3H3,(H,17,19). The lowest BCUT2D eigenvalue weighted by Crippen LogP contribution is -2.15. The van der Waals surface area contributed by atoms with Crippen LogP contribution in [0.4, 0.5) is 5.69 Å². The van der Waals surface area contributed by atoms with Gasteiger partial charge in [0, 0.05) is 6.07 Å². The third-order valence-corrected chi connectivity index (χ3v) is 3.61. The van der Waals surface area contributed by atoms with Gasteiger partial charge in [-0.3, -0.25) is 4.79 Å². The van der Waals surface area contributed by atoms with Crippen molar-refractivity contribution in [2.24, 2.45) is 0 Å². The molecular formula is C14H14ClN3O3S. The van der Waals surface area contributed by atoms with E-state index in [4.69, 9.17) is 21.1 Å². The van der Waals surface area contributed by atoms with Crippen LogP contribution in [-0.4, -0.2) is 36.4 Å². The van der Waals surface area contributed by atoms with Gasteiger partial charge >= 0.3 is 0 Å². The van der Waals surface area contributed by atoms with E-state index in [2.05, 4.69) is 15.3 Å². The Hall–Kier alpha value is -1.99. The third-order valence-electron chi connectivity index (χ3n) is 2.78. The number of amides is 1. The Labute approximate surface area is 137 Å². The number of rotatable bonds is 5. The summed E-state index contributed by atoms with van der Waals surface area (Å²) < 4.78 is 10.3. The molecule has 0 saturated heterocycles. The summed E-state index contributed by atoms with van der Waals surface area (Å²) in [6.07, 6.45) is 3.22. The SMILES string of the molecule is COc1ccc(NC(=O)c2nc(SC)ncc2Cl)c(OC)c1. The molecule has 0 aliphatic carbocycles. The molecule has 1 aromatic heterocycles. The molecule has 2 aromatic rings. The summed E-state index contributed by atoms with van der Waals surface area (Å²) in [7, 11) is 3.06. The lowest BCUT2D eigenvalue weighted by Gasteiger charge is -2.12. The summed E-state index contributed by atoms with van der Waals surface area (Å²) in [6, 6.07) is 5.07. The Kier molecular flexibility index (Phi) is 5.46. The van der Waals surface area contributed by atoms with Crippen molar-refractivity contribution in [3.63, 3.8) is 0 Å². The molecule has 2 rings (SSSR count). The number of carbonyl (C=O) groups excluding carboxylic acids is 1. The van der Waals surface area contributed by atoms with Crippen molar-refractivity contribution < 1.29 is 14.3 Å². The molecule has 6 nitrogen and oxygen atoms in total. The topological polar surface area (TPSA) is 73.3 Å². The number of ether oxygens (including phenoxy) is 2. The molecule has 0 bridgehead atoms. The predicted molar refractivity (Wildman–Crippen MR) is 86.3 cm³/mol. The Morgan fingerprint density at radius 3 is 2.73 bits per heavy atom. The van der Waals surface area contributed by atoms with E-state index in [1.165, 1.54) is 25.1 Å². The molecule has 0 aliphatic rings. The van der Waals surface area contributed by atoms with Gasteiger partial charge < -0.3 is 14.8 Å². The van der Waals surface area contributed by atoms with Gasteiger partial charge in [-0.15, -0.1) is 0 Å².